The Bertz CT molecular complexity index is 1290. The lowest BCUT2D eigenvalue weighted by Crippen LogP contribution is -2.33. The van der Waals surface area contributed by atoms with Crippen LogP contribution in [0.25, 0.3) is 0 Å². The maximum Gasteiger partial charge on any atom is 0.270 e. The van der Waals surface area contributed by atoms with Gasteiger partial charge in [0, 0.05) is 40.3 Å². The quantitative estimate of drug-likeness (QED) is 0.402. The normalized spacial score (nSPS) is 20.3. The molecule has 0 amide bonds. The van der Waals surface area contributed by atoms with Crippen LogP contribution in [0.1, 0.15) is 35.4 Å². The Labute approximate surface area is 187 Å². The number of hydrogen-bond acceptors (Lipinski definition) is 7. The van der Waals surface area contributed by atoms with Crippen LogP contribution in [0.15, 0.2) is 65.8 Å². The number of ether oxygens (including phenoxy) is 3. The molecule has 0 aromatic heterocycles. The second kappa shape index (κ2) is 7.13. The molecule has 2 atom stereocenters. The van der Waals surface area contributed by atoms with Gasteiger partial charge in [-0.25, -0.2) is 5.01 Å². The third-order valence-corrected chi connectivity index (χ3v) is 6.21. The SMILES string of the molecule is O=[N+]([O-])c1ccc(Cl)c(C2Oc3ccccc3C3CC(c4ccc5c(c4)OCO5)=NN32)c1. The fourth-order valence-corrected chi connectivity index (χ4v) is 4.53. The van der Waals surface area contributed by atoms with Gasteiger partial charge in [-0.05, 0) is 30.3 Å². The summed E-state index contributed by atoms with van der Waals surface area (Å²) >= 11 is 6.46. The highest BCUT2D eigenvalue weighted by molar-refractivity contribution is 6.31. The van der Waals surface area contributed by atoms with Crippen molar-refractivity contribution < 1.29 is 19.1 Å². The molecule has 8 nitrogen and oxygen atoms in total. The summed E-state index contributed by atoms with van der Waals surface area (Å²) < 4.78 is 17.2. The summed E-state index contributed by atoms with van der Waals surface area (Å²) in [5, 5.41) is 18.5. The smallest absolute Gasteiger partial charge is 0.270 e. The molecule has 3 aromatic carbocycles. The van der Waals surface area contributed by atoms with Crippen LogP contribution in [0.5, 0.6) is 17.2 Å². The molecule has 0 spiro atoms. The fourth-order valence-electron chi connectivity index (χ4n) is 4.32. The largest absolute Gasteiger partial charge is 0.464 e. The van der Waals surface area contributed by atoms with Gasteiger partial charge in [0.2, 0.25) is 13.0 Å². The molecular weight excluding hydrogens is 434 g/mol. The van der Waals surface area contributed by atoms with Gasteiger partial charge in [-0.2, -0.15) is 5.10 Å². The number of fused-ring (bicyclic) bond motifs is 4. The minimum atomic E-state index is -0.700. The van der Waals surface area contributed by atoms with Gasteiger partial charge in [0.05, 0.1) is 16.7 Å². The molecule has 3 aliphatic rings. The predicted octanol–water partition coefficient (Wildman–Crippen LogP) is 5.22. The average Bonchev–Trinajstić information content (AvgIpc) is 3.45. The van der Waals surface area contributed by atoms with E-state index in [1.54, 1.807) is 0 Å². The number of hydrazone groups is 1. The number of nitro groups is 1. The van der Waals surface area contributed by atoms with Crippen LogP contribution in [0, 0.1) is 10.1 Å². The van der Waals surface area contributed by atoms with Crippen LogP contribution in [0.3, 0.4) is 0 Å². The lowest BCUT2D eigenvalue weighted by molar-refractivity contribution is -0.385. The summed E-state index contributed by atoms with van der Waals surface area (Å²) in [6.07, 6.45) is -0.0582. The van der Waals surface area contributed by atoms with Crippen LogP contribution in [0.2, 0.25) is 5.02 Å². The summed E-state index contributed by atoms with van der Waals surface area (Å²) in [6.45, 7) is 0.203. The third kappa shape index (κ3) is 2.95. The lowest BCUT2D eigenvalue weighted by Gasteiger charge is -2.38. The standard InChI is InChI=1S/C23H16ClN3O5/c24-17-7-6-14(27(28)29)10-16(17)23-26-19(15-3-1-2-4-20(15)32-23)11-18(25-26)13-5-8-21-22(9-13)31-12-30-21/h1-10,19,23H,11-12H2. The van der Waals surface area contributed by atoms with Crippen molar-refractivity contribution in [3.8, 4) is 17.2 Å². The Kier molecular flexibility index (Phi) is 4.22. The van der Waals surface area contributed by atoms with E-state index in [1.807, 2.05) is 47.5 Å². The molecule has 160 valence electrons. The Morgan fingerprint density at radius 2 is 1.84 bits per heavy atom. The summed E-state index contributed by atoms with van der Waals surface area (Å²) in [7, 11) is 0. The van der Waals surface area contributed by atoms with E-state index in [4.69, 9.17) is 30.9 Å². The van der Waals surface area contributed by atoms with Crippen molar-refractivity contribution >= 4 is 23.0 Å². The van der Waals surface area contributed by atoms with Crippen molar-refractivity contribution in [1.82, 2.24) is 5.01 Å². The second-order valence-electron chi connectivity index (χ2n) is 7.69. The monoisotopic (exact) mass is 449 g/mol. The molecule has 0 saturated carbocycles. The van der Waals surface area contributed by atoms with Gasteiger partial charge in [-0.1, -0.05) is 29.8 Å². The van der Waals surface area contributed by atoms with Crippen molar-refractivity contribution in [3.05, 3.63) is 92.5 Å². The zero-order valence-corrected chi connectivity index (χ0v) is 17.4. The predicted molar refractivity (Wildman–Crippen MR) is 116 cm³/mol. The first-order valence-electron chi connectivity index (χ1n) is 10.0. The van der Waals surface area contributed by atoms with Gasteiger partial charge in [0.15, 0.2) is 11.5 Å². The van der Waals surface area contributed by atoms with Crippen molar-refractivity contribution in [2.45, 2.75) is 18.7 Å². The van der Waals surface area contributed by atoms with Gasteiger partial charge in [-0.3, -0.25) is 10.1 Å². The van der Waals surface area contributed by atoms with Crippen molar-refractivity contribution in [3.63, 3.8) is 0 Å². The molecular formula is C23H16ClN3O5. The molecule has 0 N–H and O–H groups in total. The molecule has 0 bridgehead atoms. The number of rotatable bonds is 3. The fraction of sp³-hybridized carbons (Fsp3) is 0.174. The van der Waals surface area contributed by atoms with Crippen LogP contribution in [-0.4, -0.2) is 22.4 Å². The minimum Gasteiger partial charge on any atom is -0.464 e. The summed E-state index contributed by atoms with van der Waals surface area (Å²) in [6, 6.07) is 17.8. The zero-order valence-electron chi connectivity index (χ0n) is 16.6. The molecule has 3 aliphatic heterocycles. The van der Waals surface area contributed by atoms with Gasteiger partial charge in [-0.15, -0.1) is 0 Å². The van der Waals surface area contributed by atoms with E-state index in [0.29, 0.717) is 34.3 Å². The topological polar surface area (TPSA) is 86.4 Å². The first kappa shape index (κ1) is 18.9. The Morgan fingerprint density at radius 3 is 2.72 bits per heavy atom. The highest BCUT2D eigenvalue weighted by atomic mass is 35.5. The van der Waals surface area contributed by atoms with Gasteiger partial charge in [0.1, 0.15) is 5.75 Å². The highest BCUT2D eigenvalue weighted by Crippen LogP contribution is 2.49. The van der Waals surface area contributed by atoms with E-state index >= 15 is 0 Å². The summed E-state index contributed by atoms with van der Waals surface area (Å²) in [5.74, 6) is 2.11. The van der Waals surface area contributed by atoms with Crippen molar-refractivity contribution in [2.24, 2.45) is 5.10 Å². The molecule has 3 heterocycles. The van der Waals surface area contributed by atoms with E-state index in [-0.39, 0.29) is 18.5 Å². The van der Waals surface area contributed by atoms with E-state index in [0.717, 1.165) is 16.8 Å². The minimum absolute atomic E-state index is 0.0532. The van der Waals surface area contributed by atoms with E-state index < -0.39 is 11.2 Å². The maximum atomic E-state index is 11.4. The number of nitro benzene ring substituents is 1. The number of benzene rings is 3. The molecule has 32 heavy (non-hydrogen) atoms. The van der Waals surface area contributed by atoms with Gasteiger partial charge < -0.3 is 14.2 Å². The van der Waals surface area contributed by atoms with Crippen LogP contribution in [0.4, 0.5) is 5.69 Å². The molecule has 6 rings (SSSR count). The summed E-state index contributed by atoms with van der Waals surface area (Å²) in [4.78, 5) is 10.9. The maximum absolute atomic E-state index is 11.4. The third-order valence-electron chi connectivity index (χ3n) is 5.86. The zero-order chi connectivity index (χ0) is 21.8. The molecule has 0 radical (unpaired) electrons. The number of nitrogens with zero attached hydrogens (tertiary/aromatic N) is 3. The van der Waals surface area contributed by atoms with Gasteiger partial charge in [0.25, 0.3) is 5.69 Å². The number of hydrogen-bond donors (Lipinski definition) is 0. The van der Waals surface area contributed by atoms with Crippen molar-refractivity contribution in [1.29, 1.82) is 0 Å². The first-order chi connectivity index (χ1) is 15.6. The highest BCUT2D eigenvalue weighted by Gasteiger charge is 2.42. The Hall–Kier alpha value is -3.78. The first-order valence-corrected chi connectivity index (χ1v) is 10.4. The summed E-state index contributed by atoms with van der Waals surface area (Å²) in [5.41, 5.74) is 3.23. The molecule has 0 aliphatic carbocycles. The van der Waals surface area contributed by atoms with E-state index in [1.165, 1.54) is 18.2 Å². The number of halogens is 1. The average molecular weight is 450 g/mol. The Morgan fingerprint density at radius 1 is 1.00 bits per heavy atom. The second-order valence-corrected chi connectivity index (χ2v) is 8.09. The Balaban J connectivity index is 1.45. The molecule has 9 heteroatoms. The molecule has 3 aromatic rings. The lowest BCUT2D eigenvalue weighted by atomic mass is 9.95. The van der Waals surface area contributed by atoms with Crippen molar-refractivity contribution in [2.75, 3.05) is 6.79 Å². The van der Waals surface area contributed by atoms with E-state index in [9.17, 15) is 10.1 Å². The molecule has 2 unspecified atom stereocenters. The van der Waals surface area contributed by atoms with E-state index in [2.05, 4.69) is 0 Å². The number of para-hydroxylation sites is 1. The van der Waals surface area contributed by atoms with Crippen LogP contribution < -0.4 is 14.2 Å². The van der Waals surface area contributed by atoms with Crippen LogP contribution in [-0.2, 0) is 0 Å². The van der Waals surface area contributed by atoms with Gasteiger partial charge >= 0.3 is 0 Å². The molecule has 0 fully saturated rings. The molecule has 0 saturated heterocycles. The van der Waals surface area contributed by atoms with Crippen LogP contribution >= 0.6 is 11.6 Å². The number of non-ortho nitro benzene ring substituents is 1.